The molecule has 6 nitrogen and oxygen atoms in total. The standard InChI is InChI=1S/C16H21N5O/c1-3-22-14-5-4-6-18-16(14)21-9-7-20(8-10-21)15-13(2)11-17-12-19-15/h4-6,11-12H,3,7-10H2,1-2H3. The second kappa shape index (κ2) is 6.60. The lowest BCUT2D eigenvalue weighted by atomic mass is 10.2. The molecular formula is C16H21N5O. The molecule has 2 aromatic rings. The predicted molar refractivity (Wildman–Crippen MR) is 86.6 cm³/mol. The van der Waals surface area contributed by atoms with Crippen molar-refractivity contribution in [2.75, 3.05) is 42.6 Å². The highest BCUT2D eigenvalue weighted by Gasteiger charge is 2.22. The van der Waals surface area contributed by atoms with Gasteiger partial charge in [-0.25, -0.2) is 15.0 Å². The van der Waals surface area contributed by atoms with Crippen molar-refractivity contribution in [3.05, 3.63) is 36.4 Å². The SMILES string of the molecule is CCOc1cccnc1N1CCN(c2ncncc2C)CC1. The Kier molecular flexibility index (Phi) is 4.37. The van der Waals surface area contributed by atoms with Crippen molar-refractivity contribution >= 4 is 11.6 Å². The minimum Gasteiger partial charge on any atom is -0.490 e. The molecule has 3 rings (SSSR count). The van der Waals surface area contributed by atoms with E-state index in [1.54, 1.807) is 6.33 Å². The number of nitrogens with zero attached hydrogens (tertiary/aromatic N) is 5. The molecule has 0 atom stereocenters. The molecule has 1 aliphatic rings. The molecule has 0 bridgehead atoms. The Hall–Kier alpha value is -2.37. The molecule has 3 heterocycles. The van der Waals surface area contributed by atoms with Crippen LogP contribution in [0.5, 0.6) is 5.75 Å². The van der Waals surface area contributed by atoms with Crippen LogP contribution in [0.3, 0.4) is 0 Å². The van der Waals surface area contributed by atoms with E-state index in [1.807, 2.05) is 38.4 Å². The Balaban J connectivity index is 1.71. The van der Waals surface area contributed by atoms with Gasteiger partial charge in [0.05, 0.1) is 6.61 Å². The van der Waals surface area contributed by atoms with Gasteiger partial charge in [-0.15, -0.1) is 0 Å². The van der Waals surface area contributed by atoms with Crippen LogP contribution < -0.4 is 14.5 Å². The van der Waals surface area contributed by atoms with Gasteiger partial charge in [0.2, 0.25) is 0 Å². The smallest absolute Gasteiger partial charge is 0.171 e. The Morgan fingerprint density at radius 2 is 1.82 bits per heavy atom. The van der Waals surface area contributed by atoms with Gasteiger partial charge in [-0.3, -0.25) is 0 Å². The average Bonchev–Trinajstić information content (AvgIpc) is 2.56. The summed E-state index contributed by atoms with van der Waals surface area (Å²) < 4.78 is 5.68. The maximum absolute atomic E-state index is 5.68. The van der Waals surface area contributed by atoms with Gasteiger partial charge >= 0.3 is 0 Å². The summed E-state index contributed by atoms with van der Waals surface area (Å²) in [5, 5.41) is 0. The topological polar surface area (TPSA) is 54.4 Å². The minimum absolute atomic E-state index is 0.652. The summed E-state index contributed by atoms with van der Waals surface area (Å²) in [7, 11) is 0. The van der Waals surface area contributed by atoms with Crippen molar-refractivity contribution in [1.29, 1.82) is 0 Å². The van der Waals surface area contributed by atoms with Crippen molar-refractivity contribution in [3.63, 3.8) is 0 Å². The lowest BCUT2D eigenvalue weighted by Gasteiger charge is -2.36. The fourth-order valence-electron chi connectivity index (χ4n) is 2.74. The summed E-state index contributed by atoms with van der Waals surface area (Å²) in [6.07, 6.45) is 5.29. The molecule has 2 aromatic heterocycles. The average molecular weight is 299 g/mol. The van der Waals surface area contributed by atoms with E-state index in [1.165, 1.54) is 0 Å². The monoisotopic (exact) mass is 299 g/mol. The number of piperazine rings is 1. The number of aryl methyl sites for hydroxylation is 1. The molecule has 1 aliphatic heterocycles. The zero-order valence-corrected chi connectivity index (χ0v) is 13.1. The van der Waals surface area contributed by atoms with Crippen LogP contribution in [0.1, 0.15) is 12.5 Å². The molecule has 1 fully saturated rings. The van der Waals surface area contributed by atoms with Crippen molar-refractivity contribution in [2.24, 2.45) is 0 Å². The second-order valence-corrected chi connectivity index (χ2v) is 5.26. The summed E-state index contributed by atoms with van der Waals surface area (Å²) in [6, 6.07) is 3.89. The van der Waals surface area contributed by atoms with Crippen LogP contribution in [0.2, 0.25) is 0 Å². The van der Waals surface area contributed by atoms with Gasteiger partial charge < -0.3 is 14.5 Å². The third kappa shape index (κ3) is 2.95. The number of ether oxygens (including phenoxy) is 1. The zero-order valence-electron chi connectivity index (χ0n) is 13.1. The van der Waals surface area contributed by atoms with Crippen LogP contribution in [0.4, 0.5) is 11.6 Å². The van der Waals surface area contributed by atoms with Gasteiger partial charge in [0.1, 0.15) is 12.1 Å². The Bertz CT molecular complexity index is 625. The summed E-state index contributed by atoms with van der Waals surface area (Å²) in [4.78, 5) is 17.5. The van der Waals surface area contributed by atoms with Crippen molar-refractivity contribution in [2.45, 2.75) is 13.8 Å². The van der Waals surface area contributed by atoms with Gasteiger partial charge in [0.25, 0.3) is 0 Å². The third-order valence-corrected chi connectivity index (χ3v) is 3.80. The molecule has 0 spiro atoms. The zero-order chi connectivity index (χ0) is 15.4. The molecule has 0 N–H and O–H groups in total. The second-order valence-electron chi connectivity index (χ2n) is 5.26. The molecule has 0 aliphatic carbocycles. The van der Waals surface area contributed by atoms with Crippen LogP contribution >= 0.6 is 0 Å². The van der Waals surface area contributed by atoms with Crippen LogP contribution in [0, 0.1) is 6.92 Å². The molecule has 116 valence electrons. The predicted octanol–water partition coefficient (Wildman–Crippen LogP) is 1.91. The molecule has 0 unspecified atom stereocenters. The number of anilines is 2. The summed E-state index contributed by atoms with van der Waals surface area (Å²) >= 11 is 0. The van der Waals surface area contributed by atoms with E-state index in [9.17, 15) is 0 Å². The summed E-state index contributed by atoms with van der Waals surface area (Å²) in [6.45, 7) is 8.33. The van der Waals surface area contributed by atoms with E-state index in [-0.39, 0.29) is 0 Å². The maximum Gasteiger partial charge on any atom is 0.171 e. The van der Waals surface area contributed by atoms with Crippen LogP contribution in [0.25, 0.3) is 0 Å². The third-order valence-electron chi connectivity index (χ3n) is 3.80. The number of rotatable bonds is 4. The lowest BCUT2D eigenvalue weighted by molar-refractivity contribution is 0.338. The lowest BCUT2D eigenvalue weighted by Crippen LogP contribution is -2.47. The van der Waals surface area contributed by atoms with Gasteiger partial charge in [0, 0.05) is 44.1 Å². The van der Waals surface area contributed by atoms with Crippen molar-refractivity contribution in [3.8, 4) is 5.75 Å². The Morgan fingerprint density at radius 3 is 2.50 bits per heavy atom. The summed E-state index contributed by atoms with van der Waals surface area (Å²) in [5.74, 6) is 2.82. The van der Waals surface area contributed by atoms with E-state index in [4.69, 9.17) is 4.74 Å². The van der Waals surface area contributed by atoms with Gasteiger partial charge in [-0.2, -0.15) is 0 Å². The molecule has 0 radical (unpaired) electrons. The normalized spacial score (nSPS) is 15.0. The molecular weight excluding hydrogens is 278 g/mol. The molecule has 0 aromatic carbocycles. The van der Waals surface area contributed by atoms with Crippen molar-refractivity contribution < 1.29 is 4.74 Å². The summed E-state index contributed by atoms with van der Waals surface area (Å²) in [5.41, 5.74) is 1.11. The Labute approximate surface area is 130 Å². The van der Waals surface area contributed by atoms with Crippen molar-refractivity contribution in [1.82, 2.24) is 15.0 Å². The van der Waals surface area contributed by atoms with E-state index in [0.29, 0.717) is 6.61 Å². The first-order chi connectivity index (χ1) is 10.8. The largest absolute Gasteiger partial charge is 0.490 e. The minimum atomic E-state index is 0.652. The highest BCUT2D eigenvalue weighted by atomic mass is 16.5. The molecule has 0 saturated carbocycles. The molecule has 1 saturated heterocycles. The first kappa shape index (κ1) is 14.6. The first-order valence-corrected chi connectivity index (χ1v) is 7.64. The number of aromatic nitrogens is 3. The van der Waals surface area contributed by atoms with Gasteiger partial charge in [-0.05, 0) is 26.0 Å². The number of hydrogen-bond donors (Lipinski definition) is 0. The van der Waals surface area contributed by atoms with Gasteiger partial charge in [0.15, 0.2) is 11.6 Å². The maximum atomic E-state index is 5.68. The fourth-order valence-corrected chi connectivity index (χ4v) is 2.74. The van der Waals surface area contributed by atoms with Crippen LogP contribution in [0.15, 0.2) is 30.9 Å². The molecule has 6 heteroatoms. The highest BCUT2D eigenvalue weighted by molar-refractivity contribution is 5.54. The van der Waals surface area contributed by atoms with E-state index < -0.39 is 0 Å². The fraction of sp³-hybridized carbons (Fsp3) is 0.438. The highest BCUT2D eigenvalue weighted by Crippen LogP contribution is 2.27. The van der Waals surface area contributed by atoms with E-state index in [2.05, 4.69) is 24.8 Å². The van der Waals surface area contributed by atoms with E-state index in [0.717, 1.165) is 49.1 Å². The Morgan fingerprint density at radius 1 is 1.09 bits per heavy atom. The first-order valence-electron chi connectivity index (χ1n) is 7.64. The number of pyridine rings is 1. The van der Waals surface area contributed by atoms with Gasteiger partial charge in [-0.1, -0.05) is 0 Å². The molecule has 0 amide bonds. The van der Waals surface area contributed by atoms with Crippen LogP contribution in [-0.2, 0) is 0 Å². The quantitative estimate of drug-likeness (QED) is 0.859. The van der Waals surface area contributed by atoms with Crippen LogP contribution in [-0.4, -0.2) is 47.7 Å². The molecule has 22 heavy (non-hydrogen) atoms. The number of hydrogen-bond acceptors (Lipinski definition) is 6. The van der Waals surface area contributed by atoms with E-state index >= 15 is 0 Å².